The van der Waals surface area contributed by atoms with E-state index in [2.05, 4.69) is 11.4 Å². The van der Waals surface area contributed by atoms with Crippen LogP contribution in [0.25, 0.3) is 11.0 Å². The highest BCUT2D eigenvalue weighted by molar-refractivity contribution is 5.77. The first kappa shape index (κ1) is 13.1. The van der Waals surface area contributed by atoms with Crippen LogP contribution in [0, 0.1) is 0 Å². The Morgan fingerprint density at radius 2 is 2.11 bits per heavy atom. The lowest BCUT2D eigenvalue weighted by atomic mass is 10.2. The Morgan fingerprint density at radius 1 is 1.28 bits per heavy atom. The molecule has 4 heteroatoms. The molecule has 1 aromatic carbocycles. The summed E-state index contributed by atoms with van der Waals surface area (Å²) < 4.78 is 16.0. The van der Waals surface area contributed by atoms with Crippen LogP contribution in [0.3, 0.4) is 0 Å². The Bertz CT molecular complexity index is 448. The van der Waals surface area contributed by atoms with Crippen molar-refractivity contribution >= 4 is 11.0 Å². The number of furan rings is 1. The van der Waals surface area contributed by atoms with Gasteiger partial charge in [0.1, 0.15) is 11.3 Å². The number of hydrogen-bond donors (Lipinski definition) is 1. The van der Waals surface area contributed by atoms with E-state index in [4.69, 9.17) is 13.9 Å². The molecule has 1 atom stereocenters. The Labute approximate surface area is 107 Å². The van der Waals surface area contributed by atoms with Gasteiger partial charge < -0.3 is 19.2 Å². The lowest BCUT2D eigenvalue weighted by Crippen LogP contribution is -2.31. The summed E-state index contributed by atoms with van der Waals surface area (Å²) in [6.07, 6.45) is 0.0689. The van der Waals surface area contributed by atoms with Crippen LogP contribution in [0.4, 0.5) is 0 Å². The maximum atomic E-state index is 5.71. The van der Waals surface area contributed by atoms with Crippen molar-refractivity contribution in [3.63, 3.8) is 0 Å². The quantitative estimate of drug-likeness (QED) is 0.817. The molecule has 2 aromatic rings. The minimum atomic E-state index is 0.0689. The van der Waals surface area contributed by atoms with Gasteiger partial charge in [-0.25, -0.2) is 0 Å². The maximum absolute atomic E-state index is 5.71. The molecule has 1 aromatic heterocycles. The Hall–Kier alpha value is -1.36. The van der Waals surface area contributed by atoms with Crippen LogP contribution in [-0.4, -0.2) is 33.5 Å². The van der Waals surface area contributed by atoms with Crippen molar-refractivity contribution in [2.24, 2.45) is 0 Å². The lowest BCUT2D eigenvalue weighted by Gasteiger charge is -2.14. The molecule has 1 unspecified atom stereocenters. The van der Waals surface area contributed by atoms with Crippen molar-refractivity contribution in [1.82, 2.24) is 5.32 Å². The maximum Gasteiger partial charge on any atom is 0.134 e. The van der Waals surface area contributed by atoms with Gasteiger partial charge in [-0.2, -0.15) is 0 Å². The van der Waals surface area contributed by atoms with Crippen molar-refractivity contribution in [2.75, 3.05) is 27.4 Å². The van der Waals surface area contributed by atoms with Crippen LogP contribution in [0.15, 0.2) is 34.7 Å². The first-order valence-corrected chi connectivity index (χ1v) is 6.03. The van der Waals surface area contributed by atoms with E-state index in [0.717, 1.165) is 23.3 Å². The van der Waals surface area contributed by atoms with Crippen LogP contribution >= 0.6 is 0 Å². The molecule has 18 heavy (non-hydrogen) atoms. The fraction of sp³-hybridized carbons (Fsp3) is 0.429. The summed E-state index contributed by atoms with van der Waals surface area (Å²) in [5.74, 6) is 0.934. The van der Waals surface area contributed by atoms with Crippen LogP contribution in [-0.2, 0) is 16.0 Å². The molecule has 0 aliphatic rings. The Balaban J connectivity index is 1.86. The fourth-order valence-electron chi connectivity index (χ4n) is 1.88. The second kappa shape index (κ2) is 6.54. The smallest absolute Gasteiger partial charge is 0.134 e. The highest BCUT2D eigenvalue weighted by atomic mass is 16.5. The van der Waals surface area contributed by atoms with E-state index in [9.17, 15) is 0 Å². The van der Waals surface area contributed by atoms with E-state index in [1.807, 2.05) is 24.3 Å². The number of hydrogen-bond acceptors (Lipinski definition) is 4. The topological polar surface area (TPSA) is 43.6 Å². The molecule has 1 heterocycles. The second-order valence-electron chi connectivity index (χ2n) is 4.19. The zero-order valence-corrected chi connectivity index (χ0v) is 10.8. The highest BCUT2D eigenvalue weighted by Crippen LogP contribution is 2.18. The minimum absolute atomic E-state index is 0.0689. The van der Waals surface area contributed by atoms with Crippen molar-refractivity contribution in [2.45, 2.75) is 12.6 Å². The van der Waals surface area contributed by atoms with Gasteiger partial charge in [-0.3, -0.25) is 0 Å². The number of methoxy groups -OCH3 is 2. The first-order valence-electron chi connectivity index (χ1n) is 6.03. The summed E-state index contributed by atoms with van der Waals surface area (Å²) in [6.45, 7) is 2.02. The molecule has 0 saturated carbocycles. The number of para-hydroxylation sites is 1. The molecule has 0 amide bonds. The number of benzene rings is 1. The largest absolute Gasteiger partial charge is 0.460 e. The van der Waals surface area contributed by atoms with Crippen LogP contribution in [0.1, 0.15) is 5.76 Å². The molecule has 0 spiro atoms. The zero-order valence-electron chi connectivity index (χ0n) is 10.8. The van der Waals surface area contributed by atoms with Gasteiger partial charge in [-0.05, 0) is 12.1 Å². The van der Waals surface area contributed by atoms with Crippen LogP contribution in [0.5, 0.6) is 0 Å². The number of ether oxygens (including phenoxy) is 2. The molecule has 0 radical (unpaired) electrons. The van der Waals surface area contributed by atoms with Gasteiger partial charge in [0.2, 0.25) is 0 Å². The Kier molecular flexibility index (Phi) is 4.75. The third-order valence-electron chi connectivity index (χ3n) is 2.83. The SMILES string of the molecule is COCC(CNCc1cc2ccccc2o1)OC. The van der Waals surface area contributed by atoms with Crippen molar-refractivity contribution < 1.29 is 13.9 Å². The number of rotatable bonds is 7. The number of nitrogens with one attached hydrogen (secondary N) is 1. The van der Waals surface area contributed by atoms with E-state index in [1.165, 1.54) is 0 Å². The van der Waals surface area contributed by atoms with Gasteiger partial charge in [-0.1, -0.05) is 18.2 Å². The van der Waals surface area contributed by atoms with Gasteiger partial charge in [0.05, 0.1) is 19.3 Å². The van der Waals surface area contributed by atoms with Crippen molar-refractivity contribution in [1.29, 1.82) is 0 Å². The average molecular weight is 249 g/mol. The zero-order chi connectivity index (χ0) is 12.8. The molecule has 0 aliphatic heterocycles. The van der Waals surface area contributed by atoms with Gasteiger partial charge in [0, 0.05) is 26.2 Å². The molecule has 0 fully saturated rings. The summed E-state index contributed by atoms with van der Waals surface area (Å²) in [5, 5.41) is 4.43. The van der Waals surface area contributed by atoms with Crippen molar-refractivity contribution in [3.05, 3.63) is 36.1 Å². The van der Waals surface area contributed by atoms with E-state index in [1.54, 1.807) is 14.2 Å². The molecule has 0 aliphatic carbocycles. The predicted molar refractivity (Wildman–Crippen MR) is 70.6 cm³/mol. The van der Waals surface area contributed by atoms with Gasteiger partial charge in [-0.15, -0.1) is 0 Å². The summed E-state index contributed by atoms with van der Waals surface area (Å²) in [5.41, 5.74) is 0.925. The van der Waals surface area contributed by atoms with E-state index in [0.29, 0.717) is 13.2 Å². The fourth-order valence-corrected chi connectivity index (χ4v) is 1.88. The lowest BCUT2D eigenvalue weighted by molar-refractivity contribution is 0.0286. The molecule has 0 bridgehead atoms. The third kappa shape index (κ3) is 3.32. The minimum Gasteiger partial charge on any atom is -0.460 e. The van der Waals surface area contributed by atoms with Gasteiger partial charge in [0.15, 0.2) is 0 Å². The molecular weight excluding hydrogens is 230 g/mol. The highest BCUT2D eigenvalue weighted by Gasteiger charge is 2.07. The standard InChI is InChI=1S/C14H19NO3/c1-16-10-13(17-2)9-15-8-12-7-11-5-3-4-6-14(11)18-12/h3-7,13,15H,8-10H2,1-2H3. The summed E-state index contributed by atoms with van der Waals surface area (Å²) in [7, 11) is 3.36. The normalized spacial score (nSPS) is 13.0. The van der Waals surface area contributed by atoms with E-state index in [-0.39, 0.29) is 6.10 Å². The monoisotopic (exact) mass is 249 g/mol. The molecule has 0 saturated heterocycles. The van der Waals surface area contributed by atoms with Gasteiger partial charge in [0.25, 0.3) is 0 Å². The predicted octanol–water partition coefficient (Wildman–Crippen LogP) is 2.18. The van der Waals surface area contributed by atoms with E-state index >= 15 is 0 Å². The molecular formula is C14H19NO3. The summed E-state index contributed by atoms with van der Waals surface area (Å²) >= 11 is 0. The van der Waals surface area contributed by atoms with Crippen LogP contribution in [0.2, 0.25) is 0 Å². The Morgan fingerprint density at radius 3 is 2.83 bits per heavy atom. The first-order chi connectivity index (χ1) is 8.83. The molecule has 2 rings (SSSR count). The molecule has 1 N–H and O–H groups in total. The summed E-state index contributed by atoms with van der Waals surface area (Å²) in [6, 6.07) is 10.1. The van der Waals surface area contributed by atoms with Crippen molar-refractivity contribution in [3.8, 4) is 0 Å². The van der Waals surface area contributed by atoms with Crippen LogP contribution < -0.4 is 5.32 Å². The van der Waals surface area contributed by atoms with E-state index < -0.39 is 0 Å². The third-order valence-corrected chi connectivity index (χ3v) is 2.83. The molecule has 98 valence electrons. The second-order valence-corrected chi connectivity index (χ2v) is 4.19. The number of fused-ring (bicyclic) bond motifs is 1. The summed E-state index contributed by atoms with van der Waals surface area (Å²) in [4.78, 5) is 0. The average Bonchev–Trinajstić information content (AvgIpc) is 2.80. The van der Waals surface area contributed by atoms with Gasteiger partial charge >= 0.3 is 0 Å². The molecule has 4 nitrogen and oxygen atoms in total.